The number of unbranched alkanes of at least 4 members (excludes halogenated alkanes) is 1. The number of hydrogen-bond donors (Lipinski definition) is 1. The van der Waals surface area contributed by atoms with E-state index in [1.54, 1.807) is 12.1 Å². The molecule has 0 saturated carbocycles. The first kappa shape index (κ1) is 16.5. The van der Waals surface area contributed by atoms with Crippen molar-refractivity contribution in [2.75, 3.05) is 13.2 Å². The van der Waals surface area contributed by atoms with Crippen LogP contribution in [-0.2, 0) is 0 Å². The van der Waals surface area contributed by atoms with Crippen LogP contribution in [0.2, 0.25) is 0 Å². The van der Waals surface area contributed by atoms with Crippen molar-refractivity contribution in [3.8, 4) is 5.75 Å². The second kappa shape index (κ2) is 7.01. The number of nitrogens with one attached hydrogen (secondary N) is 1. The quantitative estimate of drug-likeness (QED) is 0.625. The number of rotatable bonds is 7. The van der Waals surface area contributed by atoms with E-state index in [0.717, 1.165) is 35.4 Å². The number of hydrazine groups is 1. The smallest absolute Gasteiger partial charge is 0.275 e. The summed E-state index contributed by atoms with van der Waals surface area (Å²) in [5.74, 6) is 0.106. The summed E-state index contributed by atoms with van der Waals surface area (Å²) < 4.78 is 5.85. The Morgan fingerprint density at radius 3 is 2.46 bits per heavy atom. The highest BCUT2D eigenvalue weighted by atomic mass is 16.5. The standard InChI is InChI=1S/C19H22N2O3/c1-3-5-12-24-16-10-9-15-17-13(16)7-6-8-14(17)18(22)21(19(15)23)20-11-4-2/h6-10,20H,3-5,11-12H2,1-2H3. The molecule has 0 radical (unpaired) electrons. The third-order valence-corrected chi connectivity index (χ3v) is 4.14. The fourth-order valence-corrected chi connectivity index (χ4v) is 2.89. The molecule has 0 fully saturated rings. The minimum Gasteiger partial charge on any atom is -0.493 e. The summed E-state index contributed by atoms with van der Waals surface area (Å²) in [6, 6.07) is 9.07. The Bertz CT molecular complexity index is 763. The zero-order valence-corrected chi connectivity index (χ0v) is 14.1. The molecule has 2 amide bonds. The van der Waals surface area contributed by atoms with Gasteiger partial charge >= 0.3 is 0 Å². The molecule has 0 atom stereocenters. The molecule has 1 aliphatic heterocycles. The second-order valence-electron chi connectivity index (χ2n) is 5.90. The van der Waals surface area contributed by atoms with Crippen molar-refractivity contribution in [1.29, 1.82) is 0 Å². The molecule has 5 nitrogen and oxygen atoms in total. The maximum absolute atomic E-state index is 12.7. The van der Waals surface area contributed by atoms with Crippen molar-refractivity contribution in [3.63, 3.8) is 0 Å². The number of benzene rings is 2. The second-order valence-corrected chi connectivity index (χ2v) is 5.90. The van der Waals surface area contributed by atoms with Gasteiger partial charge < -0.3 is 4.74 Å². The lowest BCUT2D eigenvalue weighted by atomic mass is 9.94. The van der Waals surface area contributed by atoms with Gasteiger partial charge in [-0.25, -0.2) is 10.4 Å². The summed E-state index contributed by atoms with van der Waals surface area (Å²) in [4.78, 5) is 25.4. The molecule has 1 heterocycles. The number of imide groups is 1. The number of nitrogens with zero attached hydrogens (tertiary/aromatic N) is 1. The minimum atomic E-state index is -0.308. The van der Waals surface area contributed by atoms with E-state index < -0.39 is 0 Å². The van der Waals surface area contributed by atoms with Crippen molar-refractivity contribution in [2.24, 2.45) is 0 Å². The van der Waals surface area contributed by atoms with Crippen molar-refractivity contribution in [2.45, 2.75) is 33.1 Å². The molecule has 24 heavy (non-hydrogen) atoms. The van der Waals surface area contributed by atoms with E-state index >= 15 is 0 Å². The normalized spacial score (nSPS) is 13.7. The van der Waals surface area contributed by atoms with E-state index in [9.17, 15) is 9.59 Å². The highest BCUT2D eigenvalue weighted by Gasteiger charge is 2.33. The molecule has 0 aliphatic carbocycles. The van der Waals surface area contributed by atoms with Gasteiger partial charge in [0.25, 0.3) is 11.8 Å². The van der Waals surface area contributed by atoms with Gasteiger partial charge in [0, 0.05) is 17.3 Å². The first-order valence-corrected chi connectivity index (χ1v) is 8.49. The Morgan fingerprint density at radius 2 is 1.75 bits per heavy atom. The van der Waals surface area contributed by atoms with Crippen molar-refractivity contribution < 1.29 is 14.3 Å². The van der Waals surface area contributed by atoms with Crippen LogP contribution in [0, 0.1) is 0 Å². The summed E-state index contributed by atoms with van der Waals surface area (Å²) in [5.41, 5.74) is 3.98. The number of carbonyl (C=O) groups excluding carboxylic acids is 2. The van der Waals surface area contributed by atoms with Gasteiger partial charge in [-0.15, -0.1) is 0 Å². The minimum absolute atomic E-state index is 0.308. The summed E-state index contributed by atoms with van der Waals surface area (Å²) in [6.45, 7) is 5.29. The Morgan fingerprint density at radius 1 is 1.00 bits per heavy atom. The fraction of sp³-hybridized carbons (Fsp3) is 0.368. The molecule has 0 unspecified atom stereocenters. The van der Waals surface area contributed by atoms with Crippen LogP contribution in [-0.4, -0.2) is 30.0 Å². The SMILES string of the molecule is CCCCOc1ccc2c3c(cccc13)C(=O)N(NCCC)C2=O. The van der Waals surface area contributed by atoms with Gasteiger partial charge in [-0.2, -0.15) is 0 Å². The number of amides is 2. The van der Waals surface area contributed by atoms with E-state index in [1.807, 2.05) is 25.1 Å². The molecule has 0 aromatic heterocycles. The molecule has 2 aromatic carbocycles. The van der Waals surface area contributed by atoms with Crippen molar-refractivity contribution in [3.05, 3.63) is 41.5 Å². The average Bonchev–Trinajstić information content (AvgIpc) is 2.60. The van der Waals surface area contributed by atoms with E-state index in [1.165, 1.54) is 0 Å². The van der Waals surface area contributed by atoms with Crippen LogP contribution >= 0.6 is 0 Å². The van der Waals surface area contributed by atoms with Crippen LogP contribution in [0.25, 0.3) is 10.8 Å². The lowest BCUT2D eigenvalue weighted by Gasteiger charge is -2.27. The average molecular weight is 326 g/mol. The molecule has 0 spiro atoms. The van der Waals surface area contributed by atoms with Crippen LogP contribution in [0.3, 0.4) is 0 Å². The predicted molar refractivity (Wildman–Crippen MR) is 93.1 cm³/mol. The van der Waals surface area contributed by atoms with Gasteiger partial charge in [0.2, 0.25) is 0 Å². The molecule has 2 aromatic rings. The summed E-state index contributed by atoms with van der Waals surface area (Å²) in [5, 5.41) is 2.63. The van der Waals surface area contributed by atoms with Gasteiger partial charge in [-0.05, 0) is 31.0 Å². The first-order chi connectivity index (χ1) is 11.7. The zero-order valence-electron chi connectivity index (χ0n) is 14.1. The Balaban J connectivity index is 2.06. The lowest BCUT2D eigenvalue weighted by Crippen LogP contribution is -2.49. The molecule has 3 rings (SSSR count). The molecular weight excluding hydrogens is 304 g/mol. The van der Waals surface area contributed by atoms with Crippen LogP contribution in [0.1, 0.15) is 53.8 Å². The van der Waals surface area contributed by atoms with E-state index in [0.29, 0.717) is 29.7 Å². The molecule has 126 valence electrons. The molecule has 1 aliphatic rings. The molecule has 0 bridgehead atoms. The highest BCUT2D eigenvalue weighted by Crippen LogP contribution is 2.35. The van der Waals surface area contributed by atoms with E-state index in [4.69, 9.17) is 4.74 Å². The van der Waals surface area contributed by atoms with Gasteiger partial charge in [-0.1, -0.05) is 32.4 Å². The van der Waals surface area contributed by atoms with Gasteiger partial charge in [0.15, 0.2) is 0 Å². The number of hydrogen-bond acceptors (Lipinski definition) is 4. The lowest BCUT2D eigenvalue weighted by molar-refractivity contribution is 0.0521. The molecular formula is C19H22N2O3. The third kappa shape index (κ3) is 2.76. The topological polar surface area (TPSA) is 58.6 Å². The van der Waals surface area contributed by atoms with Crippen LogP contribution in [0.15, 0.2) is 30.3 Å². The monoisotopic (exact) mass is 326 g/mol. The summed E-state index contributed by atoms with van der Waals surface area (Å²) in [6.07, 6.45) is 2.85. The van der Waals surface area contributed by atoms with Gasteiger partial charge in [0.1, 0.15) is 5.75 Å². The largest absolute Gasteiger partial charge is 0.493 e. The van der Waals surface area contributed by atoms with E-state index in [2.05, 4.69) is 12.3 Å². The Kier molecular flexibility index (Phi) is 4.81. The van der Waals surface area contributed by atoms with Crippen molar-refractivity contribution >= 4 is 22.6 Å². The highest BCUT2D eigenvalue weighted by molar-refractivity contribution is 6.25. The zero-order chi connectivity index (χ0) is 17.1. The molecule has 5 heteroatoms. The summed E-state index contributed by atoms with van der Waals surface area (Å²) in [7, 11) is 0. The van der Waals surface area contributed by atoms with E-state index in [-0.39, 0.29) is 11.8 Å². The van der Waals surface area contributed by atoms with Crippen molar-refractivity contribution in [1.82, 2.24) is 10.4 Å². The van der Waals surface area contributed by atoms with Crippen LogP contribution < -0.4 is 10.2 Å². The Hall–Kier alpha value is -2.40. The Labute approximate surface area is 141 Å². The maximum atomic E-state index is 12.7. The molecule has 1 N–H and O–H groups in total. The summed E-state index contributed by atoms with van der Waals surface area (Å²) >= 11 is 0. The number of ether oxygens (including phenoxy) is 1. The third-order valence-electron chi connectivity index (χ3n) is 4.14. The molecule has 0 saturated heterocycles. The van der Waals surface area contributed by atoms with Crippen LogP contribution in [0.5, 0.6) is 5.75 Å². The van der Waals surface area contributed by atoms with Gasteiger partial charge in [-0.3, -0.25) is 9.59 Å². The van der Waals surface area contributed by atoms with Crippen LogP contribution in [0.4, 0.5) is 0 Å². The predicted octanol–water partition coefficient (Wildman–Crippen LogP) is 3.53. The van der Waals surface area contributed by atoms with Gasteiger partial charge in [0.05, 0.1) is 17.7 Å². The maximum Gasteiger partial charge on any atom is 0.275 e. The number of carbonyl (C=O) groups is 2. The fourth-order valence-electron chi connectivity index (χ4n) is 2.89. The first-order valence-electron chi connectivity index (χ1n) is 8.49.